The number of urea groups is 1. The number of primary amides is 1. The maximum Gasteiger partial charge on any atom is 0.319 e. The molecule has 3 N–H and O–H groups in total. The van der Waals surface area contributed by atoms with E-state index < -0.39 is 17.8 Å². The van der Waals surface area contributed by atoms with Crippen LogP contribution in [0.25, 0.3) is 0 Å². The number of aryl methyl sites for hydroxylation is 1. The van der Waals surface area contributed by atoms with Crippen LogP contribution in [0.1, 0.15) is 15.9 Å². The van der Waals surface area contributed by atoms with E-state index in [4.69, 9.17) is 5.73 Å². The Morgan fingerprint density at radius 3 is 2.64 bits per heavy atom. The zero-order valence-electron chi connectivity index (χ0n) is 7.50. The van der Waals surface area contributed by atoms with Gasteiger partial charge in [-0.1, -0.05) is 6.07 Å². The Labute approximate surface area is 79.9 Å². The van der Waals surface area contributed by atoms with E-state index in [1.165, 1.54) is 12.1 Å². The molecule has 0 radical (unpaired) electrons. The third kappa shape index (κ3) is 2.29. The molecule has 0 unspecified atom stereocenters. The largest absolute Gasteiger partial charge is 0.351 e. The standard InChI is InChI=1S/C9H9FN2O2/c1-5-2-3-6(10)4-7(5)8(13)12-9(11)14/h2-4H,1H3,(H3,11,12,13,14). The van der Waals surface area contributed by atoms with Gasteiger partial charge >= 0.3 is 6.03 Å². The summed E-state index contributed by atoms with van der Waals surface area (Å²) in [4.78, 5) is 21.6. The number of carbonyl (C=O) groups is 2. The highest BCUT2D eigenvalue weighted by Crippen LogP contribution is 2.09. The summed E-state index contributed by atoms with van der Waals surface area (Å²) >= 11 is 0. The summed E-state index contributed by atoms with van der Waals surface area (Å²) in [7, 11) is 0. The summed E-state index contributed by atoms with van der Waals surface area (Å²) in [5.41, 5.74) is 5.43. The van der Waals surface area contributed by atoms with Gasteiger partial charge in [-0.3, -0.25) is 10.1 Å². The highest BCUT2D eigenvalue weighted by atomic mass is 19.1. The quantitative estimate of drug-likeness (QED) is 0.701. The van der Waals surface area contributed by atoms with Crippen LogP contribution in [0.15, 0.2) is 18.2 Å². The van der Waals surface area contributed by atoms with Gasteiger partial charge in [0.15, 0.2) is 0 Å². The average Bonchev–Trinajstić information content (AvgIpc) is 2.08. The van der Waals surface area contributed by atoms with Crippen molar-refractivity contribution in [2.75, 3.05) is 0 Å². The Bertz CT molecular complexity index is 390. The van der Waals surface area contributed by atoms with E-state index in [2.05, 4.69) is 0 Å². The molecule has 14 heavy (non-hydrogen) atoms. The van der Waals surface area contributed by atoms with Crippen molar-refractivity contribution in [3.05, 3.63) is 35.1 Å². The highest BCUT2D eigenvalue weighted by molar-refractivity contribution is 6.04. The Morgan fingerprint density at radius 2 is 2.07 bits per heavy atom. The molecule has 0 saturated carbocycles. The first kappa shape index (κ1) is 10.2. The molecule has 0 heterocycles. The minimum absolute atomic E-state index is 0.101. The number of nitrogens with one attached hydrogen (secondary N) is 1. The van der Waals surface area contributed by atoms with Crippen LogP contribution < -0.4 is 11.1 Å². The van der Waals surface area contributed by atoms with Gasteiger partial charge in [0.2, 0.25) is 0 Å². The number of rotatable bonds is 1. The molecule has 1 aromatic rings. The summed E-state index contributed by atoms with van der Waals surface area (Å²) in [6.07, 6.45) is 0. The van der Waals surface area contributed by atoms with Crippen molar-refractivity contribution in [3.8, 4) is 0 Å². The maximum absolute atomic E-state index is 12.7. The molecule has 74 valence electrons. The van der Waals surface area contributed by atoms with Crippen LogP contribution in [-0.4, -0.2) is 11.9 Å². The van der Waals surface area contributed by atoms with Crippen molar-refractivity contribution >= 4 is 11.9 Å². The van der Waals surface area contributed by atoms with Crippen LogP contribution in [-0.2, 0) is 0 Å². The Morgan fingerprint density at radius 1 is 1.43 bits per heavy atom. The molecular weight excluding hydrogens is 187 g/mol. The number of nitrogens with two attached hydrogens (primary N) is 1. The lowest BCUT2D eigenvalue weighted by Gasteiger charge is -2.04. The summed E-state index contributed by atoms with van der Waals surface area (Å²) in [5, 5.41) is 1.86. The fourth-order valence-electron chi connectivity index (χ4n) is 1.02. The molecule has 4 nitrogen and oxygen atoms in total. The molecule has 0 aliphatic heterocycles. The van der Waals surface area contributed by atoms with Gasteiger partial charge in [0.25, 0.3) is 5.91 Å². The summed E-state index contributed by atoms with van der Waals surface area (Å²) in [5.74, 6) is -1.24. The van der Waals surface area contributed by atoms with Crippen molar-refractivity contribution in [3.63, 3.8) is 0 Å². The van der Waals surface area contributed by atoms with Gasteiger partial charge in [-0.05, 0) is 24.6 Å². The lowest BCUT2D eigenvalue weighted by Crippen LogP contribution is -2.35. The number of benzene rings is 1. The van der Waals surface area contributed by atoms with Crippen LogP contribution in [0.5, 0.6) is 0 Å². The second-order valence-corrected chi connectivity index (χ2v) is 2.78. The second kappa shape index (κ2) is 3.87. The van der Waals surface area contributed by atoms with Crippen molar-refractivity contribution in [2.45, 2.75) is 6.92 Å². The fourth-order valence-corrected chi connectivity index (χ4v) is 1.02. The topological polar surface area (TPSA) is 72.2 Å². The average molecular weight is 196 g/mol. The number of amides is 3. The molecule has 0 aliphatic carbocycles. The van der Waals surface area contributed by atoms with Crippen molar-refractivity contribution in [1.29, 1.82) is 0 Å². The van der Waals surface area contributed by atoms with Gasteiger partial charge in [0, 0.05) is 5.56 Å². The molecular formula is C9H9FN2O2. The summed E-state index contributed by atoms with van der Waals surface area (Å²) in [6, 6.07) is 2.77. The first-order chi connectivity index (χ1) is 6.50. The van der Waals surface area contributed by atoms with Crippen LogP contribution in [0.2, 0.25) is 0 Å². The fraction of sp³-hybridized carbons (Fsp3) is 0.111. The molecule has 0 aromatic heterocycles. The van der Waals surface area contributed by atoms with Crippen LogP contribution in [0.3, 0.4) is 0 Å². The SMILES string of the molecule is Cc1ccc(F)cc1C(=O)NC(N)=O. The summed E-state index contributed by atoms with van der Waals surface area (Å²) in [6.45, 7) is 1.63. The third-order valence-electron chi connectivity index (χ3n) is 1.68. The molecule has 1 aromatic carbocycles. The second-order valence-electron chi connectivity index (χ2n) is 2.78. The maximum atomic E-state index is 12.7. The van der Waals surface area contributed by atoms with E-state index in [-0.39, 0.29) is 5.56 Å². The zero-order valence-corrected chi connectivity index (χ0v) is 7.50. The van der Waals surface area contributed by atoms with Crippen LogP contribution in [0, 0.1) is 12.7 Å². The first-order valence-electron chi connectivity index (χ1n) is 3.87. The molecule has 0 aliphatic rings. The smallest absolute Gasteiger partial charge is 0.319 e. The van der Waals surface area contributed by atoms with Crippen LogP contribution >= 0.6 is 0 Å². The van der Waals surface area contributed by atoms with E-state index in [9.17, 15) is 14.0 Å². The van der Waals surface area contributed by atoms with Gasteiger partial charge in [-0.2, -0.15) is 0 Å². The molecule has 0 bridgehead atoms. The molecule has 0 spiro atoms. The van der Waals surface area contributed by atoms with Crippen LogP contribution in [0.4, 0.5) is 9.18 Å². The lowest BCUT2D eigenvalue weighted by atomic mass is 10.1. The summed E-state index contributed by atoms with van der Waals surface area (Å²) < 4.78 is 12.7. The molecule has 0 saturated heterocycles. The Balaban J connectivity index is 3.00. The Kier molecular flexibility index (Phi) is 2.81. The van der Waals surface area contributed by atoms with E-state index in [1.807, 2.05) is 5.32 Å². The minimum atomic E-state index is -0.960. The predicted octanol–water partition coefficient (Wildman–Crippen LogP) is 0.943. The van der Waals surface area contributed by atoms with E-state index in [0.717, 1.165) is 6.07 Å². The van der Waals surface area contributed by atoms with Gasteiger partial charge in [0.1, 0.15) is 5.82 Å². The molecule has 0 atom stereocenters. The molecule has 1 rings (SSSR count). The first-order valence-corrected chi connectivity index (χ1v) is 3.87. The van der Waals surface area contributed by atoms with Gasteiger partial charge in [0.05, 0.1) is 0 Å². The number of hydrogen-bond donors (Lipinski definition) is 2. The van der Waals surface area contributed by atoms with Gasteiger partial charge in [-0.15, -0.1) is 0 Å². The number of halogens is 1. The molecule has 3 amide bonds. The van der Waals surface area contributed by atoms with E-state index in [0.29, 0.717) is 5.56 Å². The number of carbonyl (C=O) groups excluding carboxylic acids is 2. The minimum Gasteiger partial charge on any atom is -0.351 e. The van der Waals surface area contributed by atoms with Gasteiger partial charge in [-0.25, -0.2) is 9.18 Å². The van der Waals surface area contributed by atoms with Gasteiger partial charge < -0.3 is 5.73 Å². The normalized spacial score (nSPS) is 9.57. The molecule has 0 fully saturated rings. The van der Waals surface area contributed by atoms with Crippen molar-refractivity contribution in [2.24, 2.45) is 5.73 Å². The monoisotopic (exact) mass is 196 g/mol. The zero-order chi connectivity index (χ0) is 10.7. The number of hydrogen-bond acceptors (Lipinski definition) is 2. The van der Waals surface area contributed by atoms with E-state index in [1.54, 1.807) is 6.92 Å². The third-order valence-corrected chi connectivity index (χ3v) is 1.68. The van der Waals surface area contributed by atoms with Crippen molar-refractivity contribution < 1.29 is 14.0 Å². The van der Waals surface area contributed by atoms with Crippen molar-refractivity contribution in [1.82, 2.24) is 5.32 Å². The predicted molar refractivity (Wildman–Crippen MR) is 48.2 cm³/mol. The molecule has 5 heteroatoms. The Hall–Kier alpha value is -1.91. The highest BCUT2D eigenvalue weighted by Gasteiger charge is 2.11. The lowest BCUT2D eigenvalue weighted by molar-refractivity contribution is 0.0965. The van der Waals surface area contributed by atoms with E-state index >= 15 is 0 Å². The number of imide groups is 1.